The smallest absolute Gasteiger partial charge is 0.187 e. The highest BCUT2D eigenvalue weighted by molar-refractivity contribution is 5.65. The Labute approximate surface area is 195 Å². The fourth-order valence-electron chi connectivity index (χ4n) is 4.20. The lowest BCUT2D eigenvalue weighted by Crippen LogP contribution is -2.30. The fraction of sp³-hybridized carbons (Fsp3) is 0.444. The second kappa shape index (κ2) is 9.82. The molecule has 1 N–H and O–H groups in total. The van der Waals surface area contributed by atoms with E-state index >= 15 is 0 Å². The third kappa shape index (κ3) is 6.04. The van der Waals surface area contributed by atoms with Gasteiger partial charge in [0.05, 0.1) is 11.6 Å². The SMILES string of the molecule is CC/C=C(/OC(C)(C)C)N1CC2C(C)C2C1.N#Cc1ccc(-c2cc(F)c(O)c(F)c2)cc1. The van der Waals surface area contributed by atoms with E-state index in [1.165, 1.54) is 13.1 Å². The first kappa shape index (κ1) is 24.6. The summed E-state index contributed by atoms with van der Waals surface area (Å²) in [6.07, 6.45) is 3.27. The number of allylic oxidation sites excluding steroid dienone is 1. The van der Waals surface area contributed by atoms with Gasteiger partial charge in [-0.05, 0) is 86.4 Å². The molecule has 0 spiro atoms. The average Bonchev–Trinajstić information content (AvgIpc) is 3.16. The van der Waals surface area contributed by atoms with Crippen LogP contribution < -0.4 is 0 Å². The molecule has 2 aromatic carbocycles. The van der Waals surface area contributed by atoms with Crippen molar-refractivity contribution < 1.29 is 18.6 Å². The Morgan fingerprint density at radius 3 is 2.12 bits per heavy atom. The Morgan fingerprint density at radius 2 is 1.67 bits per heavy atom. The minimum atomic E-state index is -1.01. The van der Waals surface area contributed by atoms with Crippen LogP contribution in [0.2, 0.25) is 0 Å². The van der Waals surface area contributed by atoms with Crippen LogP contribution in [-0.2, 0) is 4.74 Å². The van der Waals surface area contributed by atoms with Crippen LogP contribution in [0.1, 0.15) is 46.6 Å². The van der Waals surface area contributed by atoms with Crippen LogP contribution in [0.3, 0.4) is 0 Å². The largest absolute Gasteiger partial charge is 0.503 e. The molecule has 2 atom stereocenters. The number of phenolic OH excluding ortho intramolecular Hbond substituents is 1. The number of hydrogen-bond donors (Lipinski definition) is 1. The second-order valence-corrected chi connectivity index (χ2v) is 9.73. The third-order valence-corrected chi connectivity index (χ3v) is 6.09. The van der Waals surface area contributed by atoms with Crippen LogP contribution in [0.25, 0.3) is 11.1 Å². The van der Waals surface area contributed by atoms with Gasteiger partial charge in [-0.3, -0.25) is 0 Å². The molecule has 0 aromatic heterocycles. The van der Waals surface area contributed by atoms with Gasteiger partial charge in [0.15, 0.2) is 23.3 Å². The zero-order chi connectivity index (χ0) is 24.3. The van der Waals surface area contributed by atoms with Gasteiger partial charge < -0.3 is 14.7 Å². The lowest BCUT2D eigenvalue weighted by Gasteiger charge is -2.31. The van der Waals surface area contributed by atoms with Crippen molar-refractivity contribution in [3.8, 4) is 22.9 Å². The van der Waals surface area contributed by atoms with Crippen molar-refractivity contribution >= 4 is 0 Å². The number of benzene rings is 2. The van der Waals surface area contributed by atoms with Crippen LogP contribution in [0.4, 0.5) is 8.78 Å². The maximum absolute atomic E-state index is 13.1. The quantitative estimate of drug-likeness (QED) is 0.539. The fourth-order valence-corrected chi connectivity index (χ4v) is 4.20. The van der Waals surface area contributed by atoms with Crippen LogP contribution in [0, 0.1) is 40.7 Å². The highest BCUT2D eigenvalue weighted by Gasteiger charge is 2.53. The Bertz CT molecular complexity index is 1020. The van der Waals surface area contributed by atoms with Crippen molar-refractivity contribution in [2.24, 2.45) is 17.8 Å². The topological polar surface area (TPSA) is 56.5 Å². The standard InChI is InChI=1S/C14H25NO.C13H7F2NO/c1-6-7-13(16-14(3,4)5)15-8-11-10(2)12(11)9-15;14-11-5-10(6-12(15)13(11)17)9-3-1-8(7-16)2-4-9/h7,10-12H,6,8-9H2,1-5H3;1-6,17H/b13-7+;. The Kier molecular flexibility index (Phi) is 7.31. The molecule has 1 saturated heterocycles. The summed E-state index contributed by atoms with van der Waals surface area (Å²) >= 11 is 0. The predicted octanol–water partition coefficient (Wildman–Crippen LogP) is 6.46. The number of ether oxygens (including phenoxy) is 1. The first-order valence-corrected chi connectivity index (χ1v) is 11.4. The summed E-state index contributed by atoms with van der Waals surface area (Å²) in [5.74, 6) is 0.923. The molecule has 2 fully saturated rings. The number of likely N-dealkylation sites (tertiary alicyclic amines) is 1. The van der Waals surface area contributed by atoms with Crippen LogP contribution >= 0.6 is 0 Å². The van der Waals surface area contributed by atoms with Crippen LogP contribution in [0.15, 0.2) is 48.4 Å². The van der Waals surface area contributed by atoms with E-state index in [4.69, 9.17) is 15.1 Å². The summed E-state index contributed by atoms with van der Waals surface area (Å²) in [5.41, 5.74) is 1.26. The molecule has 2 aliphatic rings. The highest BCUT2D eigenvalue weighted by atomic mass is 19.1. The third-order valence-electron chi connectivity index (χ3n) is 6.09. The highest BCUT2D eigenvalue weighted by Crippen LogP contribution is 2.52. The molecular weight excluding hydrogens is 422 g/mol. The molecule has 2 unspecified atom stereocenters. The molecule has 33 heavy (non-hydrogen) atoms. The zero-order valence-corrected chi connectivity index (χ0v) is 19.9. The molecule has 1 heterocycles. The molecule has 6 heteroatoms. The number of fused-ring (bicyclic) bond motifs is 1. The molecule has 0 radical (unpaired) electrons. The van der Waals surface area contributed by atoms with E-state index in [1.54, 1.807) is 24.3 Å². The lowest BCUT2D eigenvalue weighted by atomic mass is 10.0. The Balaban J connectivity index is 0.000000186. The lowest BCUT2D eigenvalue weighted by molar-refractivity contribution is 0.00326. The molecule has 1 aliphatic carbocycles. The van der Waals surface area contributed by atoms with Crippen molar-refractivity contribution in [1.82, 2.24) is 4.90 Å². The van der Waals surface area contributed by atoms with E-state index in [9.17, 15) is 8.78 Å². The van der Waals surface area contributed by atoms with Gasteiger partial charge in [0, 0.05) is 13.1 Å². The van der Waals surface area contributed by atoms with E-state index in [1.807, 2.05) is 6.07 Å². The van der Waals surface area contributed by atoms with Crippen molar-refractivity contribution in [3.63, 3.8) is 0 Å². The normalized spacial score (nSPS) is 21.6. The molecule has 176 valence electrons. The summed E-state index contributed by atoms with van der Waals surface area (Å²) in [6, 6.07) is 10.3. The van der Waals surface area contributed by atoms with Gasteiger partial charge in [-0.2, -0.15) is 5.26 Å². The van der Waals surface area contributed by atoms with Gasteiger partial charge in [-0.1, -0.05) is 26.0 Å². The number of hydrogen-bond acceptors (Lipinski definition) is 4. The second-order valence-electron chi connectivity index (χ2n) is 9.73. The number of phenols is 1. The number of nitrogens with zero attached hydrogens (tertiary/aromatic N) is 2. The summed E-state index contributed by atoms with van der Waals surface area (Å²) in [5, 5.41) is 17.6. The maximum atomic E-state index is 13.1. The number of rotatable bonds is 4. The minimum Gasteiger partial charge on any atom is -0.503 e. The van der Waals surface area contributed by atoms with Crippen molar-refractivity contribution in [2.75, 3.05) is 13.1 Å². The van der Waals surface area contributed by atoms with Crippen molar-refractivity contribution in [2.45, 2.75) is 46.6 Å². The first-order valence-electron chi connectivity index (χ1n) is 11.4. The van der Waals surface area contributed by atoms with Crippen LogP contribution in [-0.4, -0.2) is 28.7 Å². The minimum absolute atomic E-state index is 0.0839. The average molecular weight is 455 g/mol. The molecule has 1 aliphatic heterocycles. The van der Waals surface area contributed by atoms with Crippen LogP contribution in [0.5, 0.6) is 5.75 Å². The number of aromatic hydroxyl groups is 1. The maximum Gasteiger partial charge on any atom is 0.187 e. The zero-order valence-electron chi connectivity index (χ0n) is 19.9. The first-order chi connectivity index (χ1) is 15.5. The Hall–Kier alpha value is -3.07. The summed E-state index contributed by atoms with van der Waals surface area (Å²) in [6.45, 7) is 13.3. The van der Waals surface area contributed by atoms with Gasteiger partial charge in [-0.25, -0.2) is 8.78 Å². The van der Waals surface area contributed by atoms with Crippen molar-refractivity contribution in [1.29, 1.82) is 5.26 Å². The van der Waals surface area contributed by atoms with Gasteiger partial charge in [0.1, 0.15) is 5.60 Å². The number of nitriles is 1. The van der Waals surface area contributed by atoms with E-state index in [-0.39, 0.29) is 5.60 Å². The predicted molar refractivity (Wildman–Crippen MR) is 125 cm³/mol. The monoisotopic (exact) mass is 454 g/mol. The van der Waals surface area contributed by atoms with Gasteiger partial charge in [0.25, 0.3) is 0 Å². The van der Waals surface area contributed by atoms with Crippen molar-refractivity contribution in [3.05, 3.63) is 65.6 Å². The van der Waals surface area contributed by atoms with Gasteiger partial charge in [0.2, 0.25) is 0 Å². The van der Waals surface area contributed by atoms with E-state index in [0.29, 0.717) is 16.7 Å². The molecule has 2 aromatic rings. The van der Waals surface area contributed by atoms with E-state index in [2.05, 4.69) is 45.6 Å². The Morgan fingerprint density at radius 1 is 1.12 bits per heavy atom. The molecule has 1 saturated carbocycles. The summed E-state index contributed by atoms with van der Waals surface area (Å²) in [4.78, 5) is 2.43. The molecule has 0 bridgehead atoms. The van der Waals surface area contributed by atoms with Gasteiger partial charge in [-0.15, -0.1) is 0 Å². The van der Waals surface area contributed by atoms with Gasteiger partial charge >= 0.3 is 0 Å². The number of halogens is 2. The molecule has 4 nitrogen and oxygen atoms in total. The molecular formula is C27H32F2N2O2. The van der Waals surface area contributed by atoms with E-state index in [0.717, 1.165) is 42.2 Å². The molecule has 4 rings (SSSR count). The number of piperidine rings is 1. The summed E-state index contributed by atoms with van der Waals surface area (Å²) < 4.78 is 32.3. The summed E-state index contributed by atoms with van der Waals surface area (Å²) in [7, 11) is 0. The van der Waals surface area contributed by atoms with E-state index < -0.39 is 17.4 Å². The molecule has 0 amide bonds.